The largest absolute Gasteiger partial charge is 0.481 e. The summed E-state index contributed by atoms with van der Waals surface area (Å²) in [6.45, 7) is 0.448. The van der Waals surface area contributed by atoms with Crippen molar-refractivity contribution >= 4 is 5.97 Å². The quantitative estimate of drug-likeness (QED) is 0.766. The van der Waals surface area contributed by atoms with E-state index in [1.807, 2.05) is 24.3 Å². The first-order valence-electron chi connectivity index (χ1n) is 4.69. The van der Waals surface area contributed by atoms with E-state index in [0.717, 1.165) is 11.1 Å². The van der Waals surface area contributed by atoms with Crippen molar-refractivity contribution in [3.05, 3.63) is 35.4 Å². The molecule has 0 aliphatic heterocycles. The molecule has 4 heteroatoms. The molecule has 0 bridgehead atoms. The zero-order chi connectivity index (χ0) is 11.3. The topological polar surface area (TPSA) is 72.5 Å². The molecule has 1 aromatic carbocycles. The van der Waals surface area contributed by atoms with Crippen LogP contribution in [0.3, 0.4) is 0 Å². The molecule has 1 rings (SSSR count). The van der Waals surface area contributed by atoms with Crippen LogP contribution in [0.25, 0.3) is 0 Å². The van der Waals surface area contributed by atoms with Gasteiger partial charge in [-0.3, -0.25) is 4.79 Å². The summed E-state index contributed by atoms with van der Waals surface area (Å²) in [7, 11) is 1.60. The Morgan fingerprint density at radius 3 is 2.80 bits per heavy atom. The predicted molar refractivity (Wildman–Crippen MR) is 56.3 cm³/mol. The molecular formula is C11H15NO3. The molecule has 3 N–H and O–H groups in total. The van der Waals surface area contributed by atoms with Gasteiger partial charge in [0.2, 0.25) is 0 Å². The van der Waals surface area contributed by atoms with Gasteiger partial charge in [0.25, 0.3) is 0 Å². The van der Waals surface area contributed by atoms with Crippen molar-refractivity contribution in [1.29, 1.82) is 0 Å². The molecule has 0 saturated heterocycles. The molecule has 0 radical (unpaired) electrons. The maximum absolute atomic E-state index is 10.5. The first-order chi connectivity index (χ1) is 7.15. The SMILES string of the molecule is COCc1ccccc1[C@@H](N)CC(=O)O. The first-order valence-corrected chi connectivity index (χ1v) is 4.69. The number of hydrogen-bond donors (Lipinski definition) is 2. The minimum atomic E-state index is -0.894. The number of benzene rings is 1. The zero-order valence-electron chi connectivity index (χ0n) is 8.64. The van der Waals surface area contributed by atoms with E-state index in [2.05, 4.69) is 0 Å². The molecule has 0 fully saturated rings. The summed E-state index contributed by atoms with van der Waals surface area (Å²) in [6, 6.07) is 6.97. The van der Waals surface area contributed by atoms with Crippen LogP contribution in [0.15, 0.2) is 24.3 Å². The van der Waals surface area contributed by atoms with Gasteiger partial charge in [0.05, 0.1) is 13.0 Å². The van der Waals surface area contributed by atoms with E-state index in [-0.39, 0.29) is 6.42 Å². The van der Waals surface area contributed by atoms with E-state index < -0.39 is 12.0 Å². The molecule has 4 nitrogen and oxygen atoms in total. The molecule has 15 heavy (non-hydrogen) atoms. The standard InChI is InChI=1S/C11H15NO3/c1-15-7-8-4-2-3-5-9(8)10(12)6-11(13)14/h2-5,10H,6-7,12H2,1H3,(H,13,14)/t10-/m0/s1. The molecule has 0 spiro atoms. The van der Waals surface area contributed by atoms with Crippen LogP contribution >= 0.6 is 0 Å². The molecule has 0 aliphatic rings. The third-order valence-electron chi connectivity index (χ3n) is 2.15. The van der Waals surface area contributed by atoms with Crippen molar-refractivity contribution < 1.29 is 14.6 Å². The highest BCUT2D eigenvalue weighted by Gasteiger charge is 2.13. The van der Waals surface area contributed by atoms with E-state index in [1.54, 1.807) is 7.11 Å². The summed E-state index contributed by atoms with van der Waals surface area (Å²) in [5, 5.41) is 8.65. The van der Waals surface area contributed by atoms with Gasteiger partial charge >= 0.3 is 5.97 Å². The fourth-order valence-electron chi connectivity index (χ4n) is 1.48. The second kappa shape index (κ2) is 5.48. The Balaban J connectivity index is 2.86. The summed E-state index contributed by atoms with van der Waals surface area (Å²) < 4.78 is 5.02. The number of ether oxygens (including phenoxy) is 1. The lowest BCUT2D eigenvalue weighted by atomic mass is 9.99. The average Bonchev–Trinajstić information content (AvgIpc) is 2.18. The first kappa shape index (κ1) is 11.7. The van der Waals surface area contributed by atoms with Crippen LogP contribution in [0.1, 0.15) is 23.6 Å². The third-order valence-corrected chi connectivity index (χ3v) is 2.15. The Morgan fingerprint density at radius 2 is 2.20 bits per heavy atom. The maximum Gasteiger partial charge on any atom is 0.305 e. The van der Waals surface area contributed by atoms with Gasteiger partial charge in [0, 0.05) is 13.2 Å². The van der Waals surface area contributed by atoms with E-state index in [9.17, 15) is 4.79 Å². The van der Waals surface area contributed by atoms with Crippen LogP contribution < -0.4 is 5.73 Å². The Kier molecular flexibility index (Phi) is 4.27. The molecule has 0 aromatic heterocycles. The number of aliphatic carboxylic acids is 1. The van der Waals surface area contributed by atoms with Gasteiger partial charge in [-0.25, -0.2) is 0 Å². The molecule has 1 aromatic rings. The van der Waals surface area contributed by atoms with Gasteiger partial charge in [-0.1, -0.05) is 24.3 Å². The van der Waals surface area contributed by atoms with Crippen molar-refractivity contribution in [2.75, 3.05) is 7.11 Å². The van der Waals surface area contributed by atoms with Crippen molar-refractivity contribution in [3.8, 4) is 0 Å². The van der Waals surface area contributed by atoms with Gasteiger partial charge in [-0.15, -0.1) is 0 Å². The fourth-order valence-corrected chi connectivity index (χ4v) is 1.48. The summed E-state index contributed by atoms with van der Waals surface area (Å²) in [5.41, 5.74) is 7.56. The molecule has 1 atom stereocenters. The Bertz CT molecular complexity index is 338. The molecular weight excluding hydrogens is 194 g/mol. The van der Waals surface area contributed by atoms with Crippen LogP contribution in [-0.4, -0.2) is 18.2 Å². The normalized spacial score (nSPS) is 12.4. The number of methoxy groups -OCH3 is 1. The highest BCUT2D eigenvalue weighted by atomic mass is 16.5. The van der Waals surface area contributed by atoms with E-state index in [0.29, 0.717) is 6.61 Å². The number of rotatable bonds is 5. The Labute approximate surface area is 88.7 Å². The van der Waals surface area contributed by atoms with Crippen molar-refractivity contribution in [2.45, 2.75) is 19.1 Å². The van der Waals surface area contributed by atoms with Gasteiger partial charge in [0.15, 0.2) is 0 Å². The molecule has 0 aliphatic carbocycles. The second-order valence-electron chi connectivity index (χ2n) is 3.34. The Morgan fingerprint density at radius 1 is 1.53 bits per heavy atom. The van der Waals surface area contributed by atoms with Crippen LogP contribution in [0.5, 0.6) is 0 Å². The van der Waals surface area contributed by atoms with E-state index in [4.69, 9.17) is 15.6 Å². The lowest BCUT2D eigenvalue weighted by molar-refractivity contribution is -0.137. The van der Waals surface area contributed by atoms with Crippen molar-refractivity contribution in [2.24, 2.45) is 5.73 Å². The Hall–Kier alpha value is -1.39. The second-order valence-corrected chi connectivity index (χ2v) is 3.34. The smallest absolute Gasteiger partial charge is 0.305 e. The van der Waals surface area contributed by atoms with E-state index in [1.165, 1.54) is 0 Å². The lowest BCUT2D eigenvalue weighted by Crippen LogP contribution is -2.16. The molecule has 0 amide bonds. The average molecular weight is 209 g/mol. The van der Waals surface area contributed by atoms with Crippen molar-refractivity contribution in [3.63, 3.8) is 0 Å². The van der Waals surface area contributed by atoms with Gasteiger partial charge in [0.1, 0.15) is 0 Å². The number of carboxylic acids is 1. The van der Waals surface area contributed by atoms with E-state index >= 15 is 0 Å². The number of hydrogen-bond acceptors (Lipinski definition) is 3. The third kappa shape index (κ3) is 3.34. The number of carbonyl (C=O) groups is 1. The fraction of sp³-hybridized carbons (Fsp3) is 0.364. The molecule has 82 valence electrons. The summed E-state index contributed by atoms with van der Waals surface area (Å²) in [6.07, 6.45) is -0.0687. The predicted octanol–water partition coefficient (Wildman–Crippen LogP) is 1.31. The molecule has 0 heterocycles. The summed E-state index contributed by atoms with van der Waals surface area (Å²) >= 11 is 0. The minimum absolute atomic E-state index is 0.0687. The lowest BCUT2D eigenvalue weighted by Gasteiger charge is -2.14. The monoisotopic (exact) mass is 209 g/mol. The summed E-state index contributed by atoms with van der Waals surface area (Å²) in [4.78, 5) is 10.5. The summed E-state index contributed by atoms with van der Waals surface area (Å²) in [5.74, 6) is -0.894. The van der Waals surface area contributed by atoms with Crippen LogP contribution in [0.4, 0.5) is 0 Å². The number of carboxylic acid groups (broad SMARTS) is 1. The molecule has 0 saturated carbocycles. The van der Waals surface area contributed by atoms with Crippen LogP contribution in [0, 0.1) is 0 Å². The van der Waals surface area contributed by atoms with Crippen LogP contribution in [-0.2, 0) is 16.1 Å². The zero-order valence-corrected chi connectivity index (χ0v) is 8.64. The molecule has 0 unspecified atom stereocenters. The highest BCUT2D eigenvalue weighted by molar-refractivity contribution is 5.68. The van der Waals surface area contributed by atoms with Gasteiger partial charge in [-0.2, -0.15) is 0 Å². The van der Waals surface area contributed by atoms with Gasteiger partial charge < -0.3 is 15.6 Å². The number of nitrogens with two attached hydrogens (primary N) is 1. The maximum atomic E-state index is 10.5. The van der Waals surface area contributed by atoms with Gasteiger partial charge in [-0.05, 0) is 11.1 Å². The van der Waals surface area contributed by atoms with Crippen LogP contribution in [0.2, 0.25) is 0 Å². The van der Waals surface area contributed by atoms with Crippen molar-refractivity contribution in [1.82, 2.24) is 0 Å². The highest BCUT2D eigenvalue weighted by Crippen LogP contribution is 2.19. The minimum Gasteiger partial charge on any atom is -0.481 e.